The van der Waals surface area contributed by atoms with Crippen LogP contribution in [0.3, 0.4) is 0 Å². The number of nitrogens with one attached hydrogen (secondary N) is 1. The molecule has 184 valence electrons. The van der Waals surface area contributed by atoms with Crippen molar-refractivity contribution in [3.63, 3.8) is 0 Å². The Morgan fingerprint density at radius 2 is 1.74 bits per heavy atom. The number of carbonyl (C=O) groups is 2. The molecule has 0 saturated heterocycles. The van der Waals surface area contributed by atoms with E-state index in [4.69, 9.17) is 4.74 Å². The number of amides is 1. The highest BCUT2D eigenvalue weighted by Gasteiger charge is 2.53. The molecule has 2 N–H and O–H groups in total. The van der Waals surface area contributed by atoms with E-state index >= 15 is 0 Å². The van der Waals surface area contributed by atoms with Gasteiger partial charge in [0.1, 0.15) is 6.10 Å². The molecule has 1 aromatic carbocycles. The Labute approximate surface area is 213 Å². The molecule has 35 heavy (non-hydrogen) atoms. The van der Waals surface area contributed by atoms with Crippen LogP contribution in [0.4, 0.5) is 0 Å². The number of fused-ring (bicyclic) bond motifs is 2. The van der Waals surface area contributed by atoms with E-state index in [9.17, 15) is 14.7 Å². The summed E-state index contributed by atoms with van der Waals surface area (Å²) in [6, 6.07) is 17.3. The van der Waals surface area contributed by atoms with Gasteiger partial charge in [0.25, 0.3) is 0 Å². The monoisotopic (exact) mass is 510 g/mol. The molecule has 0 radical (unpaired) electrons. The molecule has 2 bridgehead atoms. The zero-order valence-corrected chi connectivity index (χ0v) is 21.3. The predicted molar refractivity (Wildman–Crippen MR) is 137 cm³/mol. The first-order valence-corrected chi connectivity index (χ1v) is 13.7. The number of ether oxygens (including phenoxy) is 1. The van der Waals surface area contributed by atoms with E-state index in [-0.39, 0.29) is 24.0 Å². The molecule has 0 spiro atoms. The largest absolute Gasteiger partial charge is 0.459 e. The van der Waals surface area contributed by atoms with Gasteiger partial charge in [-0.05, 0) is 60.7 Å². The lowest BCUT2D eigenvalue weighted by Crippen LogP contribution is -2.44. The van der Waals surface area contributed by atoms with Crippen molar-refractivity contribution in [2.24, 2.45) is 11.8 Å². The van der Waals surface area contributed by atoms with Crippen LogP contribution in [0, 0.1) is 11.8 Å². The Hall–Kier alpha value is -2.52. The van der Waals surface area contributed by atoms with Gasteiger partial charge in [-0.15, -0.1) is 22.7 Å². The number of likely N-dealkylation sites (N-methyl/N-ethyl adjacent to an activating group) is 1. The summed E-state index contributed by atoms with van der Waals surface area (Å²) in [5, 5.41) is 18.3. The molecule has 2 aliphatic carbocycles. The maximum Gasteiger partial charge on any atom is 0.349 e. The Kier molecular flexibility index (Phi) is 7.07. The molecule has 0 aliphatic heterocycles. The zero-order chi connectivity index (χ0) is 24.4. The van der Waals surface area contributed by atoms with Crippen molar-refractivity contribution in [1.82, 2.24) is 10.2 Å². The molecule has 2 fully saturated rings. The van der Waals surface area contributed by atoms with Crippen LogP contribution in [0.2, 0.25) is 0 Å². The number of thiophene rings is 2. The van der Waals surface area contributed by atoms with Crippen LogP contribution >= 0.6 is 22.7 Å². The molecule has 2 heterocycles. The van der Waals surface area contributed by atoms with Crippen molar-refractivity contribution in [3.8, 4) is 0 Å². The number of esters is 1. The van der Waals surface area contributed by atoms with Crippen LogP contribution in [0.15, 0.2) is 65.4 Å². The van der Waals surface area contributed by atoms with Crippen molar-refractivity contribution >= 4 is 34.6 Å². The fourth-order valence-electron chi connectivity index (χ4n) is 5.75. The Morgan fingerprint density at radius 3 is 2.37 bits per heavy atom. The minimum absolute atomic E-state index is 0.0130. The van der Waals surface area contributed by atoms with E-state index in [1.54, 1.807) is 12.1 Å². The summed E-state index contributed by atoms with van der Waals surface area (Å²) in [5.74, 6) is -0.0870. The van der Waals surface area contributed by atoms with Gasteiger partial charge in [0.2, 0.25) is 11.5 Å². The normalized spacial score (nSPS) is 23.5. The molecule has 8 heteroatoms. The van der Waals surface area contributed by atoms with Gasteiger partial charge in [-0.25, -0.2) is 4.79 Å². The molecule has 4 atom stereocenters. The molecule has 5 rings (SSSR count). The summed E-state index contributed by atoms with van der Waals surface area (Å²) in [6.45, 7) is 0.814. The lowest BCUT2D eigenvalue weighted by Gasteiger charge is -2.30. The highest BCUT2D eigenvalue weighted by atomic mass is 32.1. The van der Waals surface area contributed by atoms with E-state index in [2.05, 4.69) is 10.2 Å². The maximum atomic E-state index is 13.4. The number of aliphatic hydroxyl groups is 1. The van der Waals surface area contributed by atoms with Crippen LogP contribution in [0.25, 0.3) is 0 Å². The van der Waals surface area contributed by atoms with Gasteiger partial charge < -0.3 is 15.2 Å². The highest BCUT2D eigenvalue weighted by Crippen LogP contribution is 2.49. The molecule has 2 aromatic heterocycles. The first-order valence-electron chi connectivity index (χ1n) is 12.0. The van der Waals surface area contributed by atoms with Gasteiger partial charge in [0, 0.05) is 18.5 Å². The van der Waals surface area contributed by atoms with Crippen molar-refractivity contribution in [3.05, 3.63) is 80.7 Å². The average Bonchev–Trinajstić information content (AvgIpc) is 3.67. The molecule has 2 saturated carbocycles. The topological polar surface area (TPSA) is 78.9 Å². The molecule has 2 aliphatic rings. The van der Waals surface area contributed by atoms with Gasteiger partial charge in [0.05, 0.1) is 16.3 Å². The Bertz CT molecular complexity index is 1100. The molecular weight excluding hydrogens is 480 g/mol. The fraction of sp³-hybridized carbons (Fsp3) is 0.407. The first kappa shape index (κ1) is 24.2. The van der Waals surface area contributed by atoms with Crippen molar-refractivity contribution < 1.29 is 19.4 Å². The van der Waals surface area contributed by atoms with Crippen LogP contribution in [-0.2, 0) is 26.5 Å². The summed E-state index contributed by atoms with van der Waals surface area (Å²) in [5.41, 5.74) is -0.719. The number of rotatable bonds is 9. The number of hydrogen-bond acceptors (Lipinski definition) is 7. The Morgan fingerprint density at radius 1 is 1.06 bits per heavy atom. The van der Waals surface area contributed by atoms with Crippen LogP contribution < -0.4 is 5.32 Å². The van der Waals surface area contributed by atoms with Gasteiger partial charge >= 0.3 is 5.97 Å². The minimum Gasteiger partial charge on any atom is -0.459 e. The molecule has 3 aromatic rings. The summed E-state index contributed by atoms with van der Waals surface area (Å²) >= 11 is 2.70. The summed E-state index contributed by atoms with van der Waals surface area (Å²) in [7, 11) is 1.98. The van der Waals surface area contributed by atoms with Crippen LogP contribution in [0.5, 0.6) is 0 Å². The lowest BCUT2D eigenvalue weighted by molar-refractivity contribution is -0.170. The average molecular weight is 511 g/mol. The zero-order valence-electron chi connectivity index (χ0n) is 19.6. The van der Waals surface area contributed by atoms with Gasteiger partial charge in [-0.3, -0.25) is 9.69 Å². The van der Waals surface area contributed by atoms with Crippen molar-refractivity contribution in [2.75, 3.05) is 13.6 Å². The standard InChI is InChI=1S/C27H30N2O4S2/c1-29(17-24(30)28-16-18-7-3-2-4-8-18)25-19-11-12-20(25)21(15-19)33-26(31)27(32,22-9-5-13-34-22)23-10-6-14-35-23/h2-10,13-14,19-21,25,32H,11-12,15-17H2,1H3,(H,28,30)/t19-,20+,21+,25?/m0/s1. The number of nitrogens with zero attached hydrogens (tertiary/aromatic N) is 1. The number of benzene rings is 1. The Balaban J connectivity index is 1.23. The van der Waals surface area contributed by atoms with E-state index < -0.39 is 11.6 Å². The number of hydrogen-bond donors (Lipinski definition) is 2. The third-order valence-electron chi connectivity index (χ3n) is 7.35. The van der Waals surface area contributed by atoms with E-state index in [0.29, 0.717) is 28.8 Å². The van der Waals surface area contributed by atoms with Crippen molar-refractivity contribution in [1.29, 1.82) is 0 Å². The second-order valence-electron chi connectivity index (χ2n) is 9.51. The highest BCUT2D eigenvalue weighted by molar-refractivity contribution is 7.12. The third kappa shape index (κ3) is 4.80. The molecule has 6 nitrogen and oxygen atoms in total. The first-order chi connectivity index (χ1) is 17.0. The van der Waals surface area contributed by atoms with E-state index in [1.807, 2.05) is 60.3 Å². The molecule has 1 unspecified atom stereocenters. The van der Waals surface area contributed by atoms with Crippen LogP contribution in [-0.4, -0.2) is 47.6 Å². The third-order valence-corrected chi connectivity index (χ3v) is 9.31. The van der Waals surface area contributed by atoms with Gasteiger partial charge in [-0.2, -0.15) is 0 Å². The molecule has 1 amide bonds. The smallest absolute Gasteiger partial charge is 0.349 e. The van der Waals surface area contributed by atoms with Gasteiger partial charge in [0.15, 0.2) is 0 Å². The fourth-order valence-corrected chi connectivity index (χ4v) is 7.47. The summed E-state index contributed by atoms with van der Waals surface area (Å²) in [4.78, 5) is 29.3. The van der Waals surface area contributed by atoms with Crippen molar-refractivity contribution in [2.45, 2.75) is 43.6 Å². The van der Waals surface area contributed by atoms with E-state index in [1.165, 1.54) is 22.7 Å². The van der Waals surface area contributed by atoms with Crippen LogP contribution in [0.1, 0.15) is 34.6 Å². The predicted octanol–water partition coefficient (Wildman–Crippen LogP) is 4.00. The second kappa shape index (κ2) is 10.2. The maximum absolute atomic E-state index is 13.4. The SMILES string of the molecule is CN(CC(=O)NCc1ccccc1)C1[C@H]2CC[C@@H]1[C@H](OC(=O)C(O)(c1cccs1)c1cccs1)C2. The number of carbonyl (C=O) groups excluding carboxylic acids is 2. The van der Waals surface area contributed by atoms with E-state index in [0.717, 1.165) is 24.8 Å². The minimum atomic E-state index is -1.79. The molecular formula is C27H30N2O4S2. The summed E-state index contributed by atoms with van der Waals surface area (Å²) in [6.07, 6.45) is 2.54. The summed E-state index contributed by atoms with van der Waals surface area (Å²) < 4.78 is 6.05. The quantitative estimate of drug-likeness (QED) is 0.426. The second-order valence-corrected chi connectivity index (χ2v) is 11.4. The van der Waals surface area contributed by atoms with Gasteiger partial charge in [-0.1, -0.05) is 42.5 Å². The lowest BCUT2D eigenvalue weighted by atomic mass is 9.96.